The van der Waals surface area contributed by atoms with Crippen molar-refractivity contribution in [2.75, 3.05) is 13.7 Å². The van der Waals surface area contributed by atoms with E-state index in [-0.39, 0.29) is 12.8 Å². The lowest BCUT2D eigenvalue weighted by Crippen LogP contribution is -2.52. The van der Waals surface area contributed by atoms with Crippen LogP contribution in [0, 0.1) is 13.8 Å². The fourth-order valence-corrected chi connectivity index (χ4v) is 3.42. The van der Waals surface area contributed by atoms with Gasteiger partial charge in [-0.05, 0) is 56.0 Å². The Hall–Kier alpha value is -3.67. The summed E-state index contributed by atoms with van der Waals surface area (Å²) in [6.45, 7) is 4.27. The molecule has 7 N–H and O–H groups in total. The Morgan fingerprint density at radius 1 is 0.972 bits per heavy atom. The zero-order valence-electron chi connectivity index (χ0n) is 20.9. The second-order valence-corrected chi connectivity index (χ2v) is 8.32. The average Bonchev–Trinajstić information content (AvgIpc) is 2.86. The van der Waals surface area contributed by atoms with E-state index < -0.39 is 36.3 Å². The van der Waals surface area contributed by atoms with Crippen LogP contribution < -0.4 is 27.4 Å². The van der Waals surface area contributed by atoms with Gasteiger partial charge in [-0.1, -0.05) is 47.6 Å². The molecule has 2 rings (SSSR count). The Bertz CT molecular complexity index is 1040. The molecule has 11 heteroatoms. The minimum absolute atomic E-state index is 0.189. The van der Waals surface area contributed by atoms with E-state index in [1.54, 1.807) is 6.07 Å². The van der Waals surface area contributed by atoms with E-state index in [0.29, 0.717) is 18.7 Å². The van der Waals surface area contributed by atoms with Crippen molar-refractivity contribution in [3.8, 4) is 0 Å². The first-order valence-electron chi connectivity index (χ1n) is 11.7. The Morgan fingerprint density at radius 2 is 1.69 bits per heavy atom. The summed E-state index contributed by atoms with van der Waals surface area (Å²) < 4.78 is 4.83. The number of benzene rings is 2. The molecule has 2 atom stereocenters. The van der Waals surface area contributed by atoms with Crippen molar-refractivity contribution in [1.29, 1.82) is 0 Å². The SMILES string of the molecule is COC(=O)C(CCCNC(N)N)NC(=O)C(Cc1ccccc1)NC(=O)N=Nc1cccc(C)c1C. The molecular formula is C25H35N7O4. The maximum atomic E-state index is 13.2. The zero-order chi connectivity index (χ0) is 26.5. The number of nitrogens with zero attached hydrogens (tertiary/aromatic N) is 2. The molecule has 2 aromatic rings. The fourth-order valence-electron chi connectivity index (χ4n) is 3.42. The monoisotopic (exact) mass is 497 g/mol. The van der Waals surface area contributed by atoms with Gasteiger partial charge in [-0.25, -0.2) is 9.59 Å². The van der Waals surface area contributed by atoms with Crippen LogP contribution in [0.2, 0.25) is 0 Å². The molecule has 0 aliphatic carbocycles. The second-order valence-electron chi connectivity index (χ2n) is 8.32. The van der Waals surface area contributed by atoms with Gasteiger partial charge in [0.25, 0.3) is 0 Å². The van der Waals surface area contributed by atoms with E-state index in [9.17, 15) is 14.4 Å². The summed E-state index contributed by atoms with van der Waals surface area (Å²) in [7, 11) is 1.24. The molecule has 2 unspecified atom stereocenters. The van der Waals surface area contributed by atoms with Gasteiger partial charge in [0.1, 0.15) is 18.4 Å². The normalized spacial score (nSPS) is 12.8. The molecule has 36 heavy (non-hydrogen) atoms. The predicted octanol–water partition coefficient (Wildman–Crippen LogP) is 1.94. The predicted molar refractivity (Wildman–Crippen MR) is 136 cm³/mol. The highest BCUT2D eigenvalue weighted by Crippen LogP contribution is 2.21. The second kappa shape index (κ2) is 14.7. The van der Waals surface area contributed by atoms with Gasteiger partial charge >= 0.3 is 12.0 Å². The number of nitrogens with two attached hydrogens (primary N) is 2. The van der Waals surface area contributed by atoms with E-state index in [1.807, 2.05) is 56.3 Å². The summed E-state index contributed by atoms with van der Waals surface area (Å²) in [6, 6.07) is 12.0. The van der Waals surface area contributed by atoms with E-state index >= 15 is 0 Å². The zero-order valence-corrected chi connectivity index (χ0v) is 20.9. The first-order chi connectivity index (χ1) is 17.2. The number of hydrogen-bond donors (Lipinski definition) is 5. The van der Waals surface area contributed by atoms with Crippen molar-refractivity contribution in [2.45, 2.75) is 51.5 Å². The Kier molecular flexibility index (Phi) is 11.6. The van der Waals surface area contributed by atoms with Crippen molar-refractivity contribution in [3.63, 3.8) is 0 Å². The van der Waals surface area contributed by atoms with Gasteiger partial charge in [0.05, 0.1) is 12.8 Å². The van der Waals surface area contributed by atoms with E-state index in [0.717, 1.165) is 16.7 Å². The summed E-state index contributed by atoms with van der Waals surface area (Å²) in [6.07, 6.45) is 0.301. The van der Waals surface area contributed by atoms with E-state index in [1.165, 1.54) is 7.11 Å². The summed E-state index contributed by atoms with van der Waals surface area (Å²) in [5.41, 5.74) is 14.2. The molecule has 0 bridgehead atoms. The van der Waals surface area contributed by atoms with Gasteiger partial charge in [-0.3, -0.25) is 10.1 Å². The number of nitrogens with one attached hydrogen (secondary N) is 3. The number of methoxy groups -OCH3 is 1. The smallest absolute Gasteiger partial charge is 0.360 e. The lowest BCUT2D eigenvalue weighted by Gasteiger charge is -2.22. The topological polar surface area (TPSA) is 173 Å². The van der Waals surface area contributed by atoms with Crippen molar-refractivity contribution < 1.29 is 19.1 Å². The summed E-state index contributed by atoms with van der Waals surface area (Å²) >= 11 is 0. The highest BCUT2D eigenvalue weighted by Gasteiger charge is 2.27. The molecule has 0 saturated carbocycles. The van der Waals surface area contributed by atoms with Gasteiger partial charge in [0, 0.05) is 6.42 Å². The summed E-state index contributed by atoms with van der Waals surface area (Å²) in [5, 5.41) is 15.9. The number of carbonyl (C=O) groups excluding carboxylic acids is 3. The molecule has 0 heterocycles. The number of azo groups is 1. The molecule has 0 spiro atoms. The quantitative estimate of drug-likeness (QED) is 0.129. The number of rotatable bonds is 12. The molecular weight excluding hydrogens is 462 g/mol. The minimum atomic E-state index is -1.000. The molecule has 2 aromatic carbocycles. The molecule has 11 nitrogen and oxygen atoms in total. The van der Waals surface area contributed by atoms with E-state index in [2.05, 4.69) is 26.2 Å². The number of urea groups is 1. The van der Waals surface area contributed by atoms with Crippen LogP contribution >= 0.6 is 0 Å². The maximum Gasteiger partial charge on any atom is 0.360 e. The standard InChI is InChI=1S/C25H35N7O4/c1-16-9-7-12-19(17(16)2)31-32-25(35)30-21(15-18-10-5-4-6-11-18)22(33)29-20(23(34)36-3)13-8-14-28-24(26)27/h4-7,9-12,20-21,24,28H,8,13-15,26-27H2,1-3H3,(H,29,33)(H,30,35). The number of carbonyl (C=O) groups is 3. The molecule has 0 aromatic heterocycles. The number of ether oxygens (including phenoxy) is 1. The van der Waals surface area contributed by atoms with Gasteiger partial charge in [-0.15, -0.1) is 5.11 Å². The highest BCUT2D eigenvalue weighted by molar-refractivity contribution is 5.90. The molecule has 0 aliphatic rings. The minimum Gasteiger partial charge on any atom is -0.467 e. The van der Waals surface area contributed by atoms with Crippen LogP contribution in [0.1, 0.15) is 29.5 Å². The van der Waals surface area contributed by atoms with Gasteiger partial charge in [0.15, 0.2) is 0 Å². The average molecular weight is 498 g/mol. The van der Waals surface area contributed by atoms with Crippen LogP contribution in [-0.2, 0) is 20.7 Å². The molecule has 194 valence electrons. The van der Waals surface area contributed by atoms with Crippen molar-refractivity contribution in [1.82, 2.24) is 16.0 Å². The summed E-state index contributed by atoms with van der Waals surface area (Å²) in [5.74, 6) is -1.15. The maximum absolute atomic E-state index is 13.2. The molecule has 0 saturated heterocycles. The fraction of sp³-hybridized carbons (Fsp3) is 0.400. The van der Waals surface area contributed by atoms with Gasteiger partial charge < -0.3 is 26.8 Å². The van der Waals surface area contributed by atoms with Crippen LogP contribution in [0.3, 0.4) is 0 Å². The lowest BCUT2D eigenvalue weighted by atomic mass is 10.0. The molecule has 3 amide bonds. The van der Waals surface area contributed by atoms with Crippen molar-refractivity contribution >= 4 is 23.6 Å². The van der Waals surface area contributed by atoms with Crippen LogP contribution in [0.5, 0.6) is 0 Å². The van der Waals surface area contributed by atoms with Crippen LogP contribution in [0.15, 0.2) is 58.8 Å². The first kappa shape index (κ1) is 28.6. The third-order valence-electron chi connectivity index (χ3n) is 5.57. The van der Waals surface area contributed by atoms with Gasteiger partial charge in [-0.2, -0.15) is 0 Å². The molecule has 0 aliphatic heterocycles. The van der Waals surface area contributed by atoms with Gasteiger partial charge in [0.2, 0.25) is 5.91 Å². The first-order valence-corrected chi connectivity index (χ1v) is 11.7. The number of esters is 1. The number of aryl methyl sites for hydroxylation is 1. The third-order valence-corrected chi connectivity index (χ3v) is 5.57. The Balaban J connectivity index is 2.14. The summed E-state index contributed by atoms with van der Waals surface area (Å²) in [4.78, 5) is 38.0. The Labute approximate surface area is 211 Å². The van der Waals surface area contributed by atoms with Crippen molar-refractivity contribution in [2.24, 2.45) is 21.7 Å². The number of amides is 3. The van der Waals surface area contributed by atoms with E-state index in [4.69, 9.17) is 16.2 Å². The van der Waals surface area contributed by atoms with Crippen LogP contribution in [0.4, 0.5) is 10.5 Å². The van der Waals surface area contributed by atoms with Crippen molar-refractivity contribution in [3.05, 3.63) is 65.2 Å². The molecule has 0 radical (unpaired) electrons. The largest absolute Gasteiger partial charge is 0.467 e. The highest BCUT2D eigenvalue weighted by atomic mass is 16.5. The number of hydrogen-bond acceptors (Lipinski definition) is 8. The molecule has 0 fully saturated rings. The van der Waals surface area contributed by atoms with Crippen LogP contribution in [-0.4, -0.2) is 49.9 Å². The third kappa shape index (κ3) is 9.53. The van der Waals surface area contributed by atoms with Crippen LogP contribution in [0.25, 0.3) is 0 Å². The lowest BCUT2D eigenvalue weighted by molar-refractivity contribution is -0.145. The Morgan fingerprint density at radius 3 is 2.36 bits per heavy atom.